The van der Waals surface area contributed by atoms with Crippen LogP contribution < -0.4 is 0 Å². The first-order valence-electron chi connectivity index (χ1n) is 16.3. The molecule has 0 spiro atoms. The van der Waals surface area contributed by atoms with E-state index in [2.05, 4.69) is 39.5 Å². The van der Waals surface area contributed by atoms with Gasteiger partial charge in [-0.15, -0.1) is 0 Å². The van der Waals surface area contributed by atoms with E-state index in [-0.39, 0.29) is 0 Å². The van der Waals surface area contributed by atoms with Crippen LogP contribution in [0.15, 0.2) is 0 Å². The molecule has 1 aliphatic heterocycles. The van der Waals surface area contributed by atoms with E-state index in [1.165, 1.54) is 83.8 Å². The van der Waals surface area contributed by atoms with Crippen molar-refractivity contribution in [1.29, 1.82) is 0 Å². The maximum atomic E-state index is 6.63. The van der Waals surface area contributed by atoms with Crippen LogP contribution in [-0.2, 0) is 14.2 Å². The topological polar surface area (TPSA) is 30.9 Å². The summed E-state index contributed by atoms with van der Waals surface area (Å²) in [4.78, 5) is 2.70. The molecule has 0 aromatic carbocycles. The second-order valence-electron chi connectivity index (χ2n) is 11.3. The van der Waals surface area contributed by atoms with E-state index in [4.69, 9.17) is 14.2 Å². The summed E-state index contributed by atoms with van der Waals surface area (Å²) in [6.07, 6.45) is 22.1. The van der Waals surface area contributed by atoms with E-state index in [1.54, 1.807) is 0 Å². The van der Waals surface area contributed by atoms with Crippen molar-refractivity contribution in [2.75, 3.05) is 39.5 Å². The van der Waals surface area contributed by atoms with Gasteiger partial charge in [-0.05, 0) is 76.9 Å². The van der Waals surface area contributed by atoms with Crippen LogP contribution in [-0.4, -0.2) is 50.3 Å². The van der Waals surface area contributed by atoms with Gasteiger partial charge in [-0.25, -0.2) is 0 Å². The third-order valence-corrected chi connectivity index (χ3v) is 8.12. The Morgan fingerprint density at radius 1 is 0.611 bits per heavy atom. The molecule has 1 aliphatic rings. The Morgan fingerprint density at radius 3 is 1.58 bits per heavy atom. The number of likely N-dealkylation sites (tertiary alicyclic amines) is 1. The standard InChI is InChI=1S/C32H65NO3/c1-6-11-15-16-17-18-20-31(21-19-24-33-25-22-30(10-5)23-26-33)32(34-27-12-7-2,35-28-13-8-3)36-29-14-9-4/h30-31H,6-29H2,1-5H3. The highest BCUT2D eigenvalue weighted by Crippen LogP contribution is 2.35. The Labute approximate surface area is 226 Å². The molecular formula is C32H65NO3. The van der Waals surface area contributed by atoms with Crippen molar-refractivity contribution in [1.82, 2.24) is 4.90 Å². The highest BCUT2D eigenvalue weighted by molar-refractivity contribution is 4.76. The second kappa shape index (κ2) is 22.8. The molecule has 1 fully saturated rings. The van der Waals surface area contributed by atoms with Crippen LogP contribution in [0.4, 0.5) is 0 Å². The van der Waals surface area contributed by atoms with Gasteiger partial charge in [0.25, 0.3) is 5.97 Å². The summed E-state index contributed by atoms with van der Waals surface area (Å²) >= 11 is 0. The van der Waals surface area contributed by atoms with E-state index in [0.29, 0.717) is 5.92 Å². The molecule has 36 heavy (non-hydrogen) atoms. The maximum Gasteiger partial charge on any atom is 0.285 e. The second-order valence-corrected chi connectivity index (χ2v) is 11.3. The lowest BCUT2D eigenvalue weighted by Gasteiger charge is -2.40. The third-order valence-electron chi connectivity index (χ3n) is 8.12. The number of hydrogen-bond donors (Lipinski definition) is 0. The van der Waals surface area contributed by atoms with E-state index >= 15 is 0 Å². The Bertz CT molecular complexity index is 438. The lowest BCUT2D eigenvalue weighted by molar-refractivity contribution is -0.407. The minimum absolute atomic E-state index is 0.308. The zero-order chi connectivity index (χ0) is 26.3. The molecule has 1 rings (SSSR count). The smallest absolute Gasteiger partial charge is 0.285 e. The lowest BCUT2D eigenvalue weighted by atomic mass is 9.91. The molecule has 0 aliphatic carbocycles. The van der Waals surface area contributed by atoms with E-state index in [1.807, 2.05) is 0 Å². The monoisotopic (exact) mass is 511 g/mol. The van der Waals surface area contributed by atoms with E-state index < -0.39 is 5.97 Å². The van der Waals surface area contributed by atoms with Crippen molar-refractivity contribution in [2.24, 2.45) is 11.8 Å². The van der Waals surface area contributed by atoms with Crippen molar-refractivity contribution in [3.8, 4) is 0 Å². The molecule has 0 amide bonds. The molecule has 0 aromatic rings. The fourth-order valence-corrected chi connectivity index (χ4v) is 5.40. The summed E-state index contributed by atoms with van der Waals surface area (Å²) in [7, 11) is 0. The summed E-state index contributed by atoms with van der Waals surface area (Å²) in [5.74, 6) is 0.390. The van der Waals surface area contributed by atoms with E-state index in [9.17, 15) is 0 Å². The SMILES string of the molecule is CCCCCCCCC(CCCN1CCC(CC)CC1)C(OCCCC)(OCCCC)OCCCC. The maximum absolute atomic E-state index is 6.63. The van der Waals surface area contributed by atoms with Crippen molar-refractivity contribution in [2.45, 2.75) is 156 Å². The predicted molar refractivity (Wildman–Crippen MR) is 155 cm³/mol. The molecule has 1 heterocycles. The average Bonchev–Trinajstić information content (AvgIpc) is 2.90. The molecule has 0 bridgehead atoms. The summed E-state index contributed by atoms with van der Waals surface area (Å²) in [6, 6.07) is 0. The van der Waals surface area contributed by atoms with Gasteiger partial charge >= 0.3 is 0 Å². The number of hydrogen-bond acceptors (Lipinski definition) is 4. The van der Waals surface area contributed by atoms with Crippen LogP contribution in [0.1, 0.15) is 150 Å². The van der Waals surface area contributed by atoms with Crippen LogP contribution in [0.3, 0.4) is 0 Å². The highest BCUT2D eigenvalue weighted by atomic mass is 16.9. The van der Waals surface area contributed by atoms with Crippen LogP contribution in [0.5, 0.6) is 0 Å². The number of ether oxygens (including phenoxy) is 3. The first kappa shape index (κ1) is 33.9. The van der Waals surface area contributed by atoms with Gasteiger partial charge in [0, 0.05) is 5.92 Å². The molecule has 0 saturated carbocycles. The molecule has 216 valence electrons. The number of piperidine rings is 1. The summed E-state index contributed by atoms with van der Waals surface area (Å²) in [5, 5.41) is 0. The minimum Gasteiger partial charge on any atom is -0.327 e. The zero-order valence-corrected chi connectivity index (χ0v) is 25.3. The first-order valence-corrected chi connectivity index (χ1v) is 16.3. The zero-order valence-electron chi connectivity index (χ0n) is 25.3. The fourth-order valence-electron chi connectivity index (χ4n) is 5.40. The van der Waals surface area contributed by atoms with Gasteiger partial charge in [0.15, 0.2) is 0 Å². The van der Waals surface area contributed by atoms with Crippen molar-refractivity contribution >= 4 is 0 Å². The normalized spacial score (nSPS) is 16.6. The van der Waals surface area contributed by atoms with Gasteiger partial charge in [0.05, 0.1) is 19.8 Å². The lowest BCUT2D eigenvalue weighted by Crippen LogP contribution is -2.47. The Hall–Kier alpha value is -0.160. The molecule has 4 heteroatoms. The molecule has 0 N–H and O–H groups in total. The van der Waals surface area contributed by atoms with Crippen LogP contribution in [0.25, 0.3) is 0 Å². The molecular weight excluding hydrogens is 446 g/mol. The molecule has 1 atom stereocenters. The number of rotatable bonds is 25. The molecule has 1 saturated heterocycles. The van der Waals surface area contributed by atoms with Crippen LogP contribution >= 0.6 is 0 Å². The van der Waals surface area contributed by atoms with Crippen molar-refractivity contribution in [3.63, 3.8) is 0 Å². The summed E-state index contributed by atoms with van der Waals surface area (Å²) in [6.45, 7) is 17.3. The highest BCUT2D eigenvalue weighted by Gasteiger charge is 2.42. The molecule has 0 radical (unpaired) electrons. The Morgan fingerprint density at radius 2 is 1.08 bits per heavy atom. The van der Waals surface area contributed by atoms with Gasteiger partial charge in [-0.1, -0.05) is 98.8 Å². The van der Waals surface area contributed by atoms with Gasteiger partial charge in [0.2, 0.25) is 0 Å². The summed E-state index contributed by atoms with van der Waals surface area (Å²) in [5.41, 5.74) is 0. The van der Waals surface area contributed by atoms with Crippen LogP contribution in [0, 0.1) is 11.8 Å². The van der Waals surface area contributed by atoms with Crippen LogP contribution in [0.2, 0.25) is 0 Å². The van der Waals surface area contributed by atoms with Gasteiger partial charge in [-0.2, -0.15) is 0 Å². The van der Waals surface area contributed by atoms with Crippen molar-refractivity contribution < 1.29 is 14.2 Å². The Kier molecular flexibility index (Phi) is 21.4. The number of nitrogens with zero attached hydrogens (tertiary/aromatic N) is 1. The predicted octanol–water partition coefficient (Wildman–Crippen LogP) is 9.36. The van der Waals surface area contributed by atoms with Crippen molar-refractivity contribution in [3.05, 3.63) is 0 Å². The average molecular weight is 512 g/mol. The largest absolute Gasteiger partial charge is 0.327 e. The molecule has 1 unspecified atom stereocenters. The van der Waals surface area contributed by atoms with Gasteiger partial charge in [-0.3, -0.25) is 0 Å². The minimum atomic E-state index is -0.863. The van der Waals surface area contributed by atoms with Gasteiger partial charge in [0.1, 0.15) is 0 Å². The first-order chi connectivity index (χ1) is 17.7. The third kappa shape index (κ3) is 14.7. The Balaban J connectivity index is 2.88. The molecule has 4 nitrogen and oxygen atoms in total. The fraction of sp³-hybridized carbons (Fsp3) is 1.00. The number of unbranched alkanes of at least 4 members (excludes halogenated alkanes) is 8. The quantitative estimate of drug-likeness (QED) is 0.0902. The van der Waals surface area contributed by atoms with Gasteiger partial charge < -0.3 is 19.1 Å². The molecule has 0 aromatic heterocycles. The summed E-state index contributed by atoms with van der Waals surface area (Å²) < 4.78 is 19.9. The van der Waals surface area contributed by atoms with E-state index in [0.717, 1.165) is 77.1 Å².